The summed E-state index contributed by atoms with van der Waals surface area (Å²) in [5, 5.41) is 11.0. The van der Waals surface area contributed by atoms with Gasteiger partial charge in [-0.2, -0.15) is 0 Å². The van der Waals surface area contributed by atoms with Crippen LogP contribution in [0.15, 0.2) is 67.3 Å². The van der Waals surface area contributed by atoms with Gasteiger partial charge in [0.05, 0.1) is 20.3 Å². The highest BCUT2D eigenvalue weighted by Gasteiger charge is 2.51. The van der Waals surface area contributed by atoms with Gasteiger partial charge in [-0.25, -0.2) is 0 Å². The highest BCUT2D eigenvalue weighted by Crippen LogP contribution is 2.36. The molecular formula is C23H26O7. The van der Waals surface area contributed by atoms with Crippen LogP contribution in [-0.4, -0.2) is 56.1 Å². The Balaban J connectivity index is 1.50. The van der Waals surface area contributed by atoms with Gasteiger partial charge in [-0.15, -0.1) is 6.58 Å². The van der Waals surface area contributed by atoms with Crippen molar-refractivity contribution in [3.05, 3.63) is 72.8 Å². The highest BCUT2D eigenvalue weighted by atomic mass is 16.8. The number of benzene rings is 2. The Morgan fingerprint density at radius 2 is 1.80 bits per heavy atom. The zero-order chi connectivity index (χ0) is 20.9. The predicted molar refractivity (Wildman–Crippen MR) is 108 cm³/mol. The van der Waals surface area contributed by atoms with E-state index in [0.717, 1.165) is 5.56 Å². The van der Waals surface area contributed by atoms with Crippen molar-refractivity contribution in [3.63, 3.8) is 0 Å². The standard InChI is InChI=1S/C23H26O7/c1-3-13-26-21-19(24)23(28-17-11-9-16(25-2)10-12-17)29-18-14-27-22(30-20(18)21)15-7-5-4-6-8-15/h3-12,18-24H,1,13-14H2,2H3/t18-,19-,20-,21-,22-,23-/m1/s1. The second kappa shape index (κ2) is 9.59. The van der Waals surface area contributed by atoms with Crippen molar-refractivity contribution in [2.45, 2.75) is 37.0 Å². The van der Waals surface area contributed by atoms with Crippen molar-refractivity contribution in [3.8, 4) is 11.5 Å². The zero-order valence-corrected chi connectivity index (χ0v) is 16.8. The number of hydrogen-bond acceptors (Lipinski definition) is 7. The van der Waals surface area contributed by atoms with E-state index in [0.29, 0.717) is 11.5 Å². The van der Waals surface area contributed by atoms with Crippen molar-refractivity contribution in [1.82, 2.24) is 0 Å². The Morgan fingerprint density at radius 1 is 1.07 bits per heavy atom. The molecule has 0 aromatic heterocycles. The molecule has 2 aliphatic rings. The molecule has 2 fully saturated rings. The molecule has 0 unspecified atom stereocenters. The molecule has 6 atom stereocenters. The van der Waals surface area contributed by atoms with Gasteiger partial charge in [0.1, 0.15) is 35.9 Å². The number of rotatable bonds is 7. The third-order valence-corrected chi connectivity index (χ3v) is 5.10. The molecule has 160 valence electrons. The number of ether oxygens (including phenoxy) is 6. The quantitative estimate of drug-likeness (QED) is 0.698. The van der Waals surface area contributed by atoms with Crippen LogP contribution >= 0.6 is 0 Å². The zero-order valence-electron chi connectivity index (χ0n) is 16.8. The lowest BCUT2D eigenvalue weighted by atomic mass is 9.97. The van der Waals surface area contributed by atoms with E-state index >= 15 is 0 Å². The first kappa shape index (κ1) is 20.8. The van der Waals surface area contributed by atoms with E-state index in [1.54, 1.807) is 37.5 Å². The van der Waals surface area contributed by atoms with Gasteiger partial charge < -0.3 is 33.5 Å². The molecule has 2 aliphatic heterocycles. The third kappa shape index (κ3) is 4.50. The van der Waals surface area contributed by atoms with Crippen LogP contribution in [-0.2, 0) is 18.9 Å². The largest absolute Gasteiger partial charge is 0.497 e. The van der Waals surface area contributed by atoms with Crippen molar-refractivity contribution in [1.29, 1.82) is 0 Å². The molecule has 2 heterocycles. The summed E-state index contributed by atoms with van der Waals surface area (Å²) in [6.07, 6.45) is -2.57. The Bertz CT molecular complexity index is 810. The Morgan fingerprint density at radius 3 is 2.50 bits per heavy atom. The van der Waals surface area contributed by atoms with E-state index in [1.807, 2.05) is 30.3 Å². The van der Waals surface area contributed by atoms with Crippen LogP contribution in [0.25, 0.3) is 0 Å². The number of fused-ring (bicyclic) bond motifs is 1. The second-order valence-electron chi connectivity index (χ2n) is 7.09. The van der Waals surface area contributed by atoms with Crippen molar-refractivity contribution < 1.29 is 33.5 Å². The van der Waals surface area contributed by atoms with Crippen LogP contribution in [0.2, 0.25) is 0 Å². The first-order valence-corrected chi connectivity index (χ1v) is 9.88. The summed E-state index contributed by atoms with van der Waals surface area (Å²) in [4.78, 5) is 0. The van der Waals surface area contributed by atoms with E-state index in [4.69, 9.17) is 28.4 Å². The van der Waals surface area contributed by atoms with E-state index in [2.05, 4.69) is 6.58 Å². The summed E-state index contributed by atoms with van der Waals surface area (Å²) in [6.45, 7) is 4.24. The van der Waals surface area contributed by atoms with Crippen LogP contribution in [0.1, 0.15) is 11.9 Å². The smallest absolute Gasteiger partial charge is 0.229 e. The molecule has 2 aromatic carbocycles. The maximum atomic E-state index is 11.0. The maximum absolute atomic E-state index is 11.0. The lowest BCUT2D eigenvalue weighted by Gasteiger charge is -2.47. The van der Waals surface area contributed by atoms with E-state index in [-0.39, 0.29) is 13.2 Å². The van der Waals surface area contributed by atoms with E-state index in [1.165, 1.54) is 0 Å². The molecule has 7 nitrogen and oxygen atoms in total. The minimum absolute atomic E-state index is 0.264. The molecule has 0 saturated carbocycles. The average Bonchev–Trinajstić information content (AvgIpc) is 2.80. The SMILES string of the molecule is C=CCO[C@@H]1[C@@H](O)[C@H](Oc2ccc(OC)cc2)O[C@@H]2CO[C@@H](c3ccccc3)O[C@@H]12. The molecule has 0 amide bonds. The monoisotopic (exact) mass is 414 g/mol. The molecule has 2 saturated heterocycles. The minimum atomic E-state index is -1.07. The predicted octanol–water partition coefficient (Wildman–Crippen LogP) is 2.85. The molecule has 0 aliphatic carbocycles. The van der Waals surface area contributed by atoms with Crippen molar-refractivity contribution in [2.75, 3.05) is 20.3 Å². The van der Waals surface area contributed by atoms with Gasteiger partial charge in [0.25, 0.3) is 0 Å². The fourth-order valence-electron chi connectivity index (χ4n) is 3.60. The lowest BCUT2D eigenvalue weighted by Crippen LogP contribution is -2.63. The summed E-state index contributed by atoms with van der Waals surface area (Å²) in [7, 11) is 1.59. The number of aliphatic hydroxyl groups is 1. The van der Waals surface area contributed by atoms with Gasteiger partial charge >= 0.3 is 0 Å². The fraction of sp³-hybridized carbons (Fsp3) is 0.391. The fourth-order valence-corrected chi connectivity index (χ4v) is 3.60. The Kier molecular flexibility index (Phi) is 6.66. The number of methoxy groups -OCH3 is 1. The summed E-state index contributed by atoms with van der Waals surface area (Å²) in [5.41, 5.74) is 0.893. The maximum Gasteiger partial charge on any atom is 0.229 e. The van der Waals surface area contributed by atoms with Crippen LogP contribution in [0.4, 0.5) is 0 Å². The Labute approximate surface area is 175 Å². The molecule has 2 aromatic rings. The third-order valence-electron chi connectivity index (χ3n) is 5.10. The summed E-state index contributed by atoms with van der Waals surface area (Å²) in [6, 6.07) is 16.7. The Hall–Kier alpha value is -2.42. The molecular weight excluding hydrogens is 388 g/mol. The summed E-state index contributed by atoms with van der Waals surface area (Å²) < 4.78 is 34.9. The average molecular weight is 414 g/mol. The molecule has 4 rings (SSSR count). The second-order valence-corrected chi connectivity index (χ2v) is 7.09. The van der Waals surface area contributed by atoms with Crippen LogP contribution < -0.4 is 9.47 Å². The van der Waals surface area contributed by atoms with Gasteiger partial charge in [0.15, 0.2) is 6.29 Å². The highest BCUT2D eigenvalue weighted by molar-refractivity contribution is 5.31. The van der Waals surface area contributed by atoms with Gasteiger partial charge in [-0.3, -0.25) is 0 Å². The molecule has 0 bridgehead atoms. The van der Waals surface area contributed by atoms with E-state index in [9.17, 15) is 5.11 Å². The number of hydrogen-bond donors (Lipinski definition) is 1. The molecule has 7 heteroatoms. The van der Waals surface area contributed by atoms with Gasteiger partial charge in [-0.1, -0.05) is 36.4 Å². The summed E-state index contributed by atoms with van der Waals surface area (Å²) in [5.74, 6) is 1.25. The van der Waals surface area contributed by atoms with Crippen LogP contribution in [0.5, 0.6) is 11.5 Å². The molecule has 0 spiro atoms. The molecule has 1 N–H and O–H groups in total. The normalized spacial score (nSPS) is 30.9. The van der Waals surface area contributed by atoms with Crippen LogP contribution in [0, 0.1) is 0 Å². The lowest BCUT2D eigenvalue weighted by molar-refractivity contribution is -0.354. The van der Waals surface area contributed by atoms with Gasteiger partial charge in [-0.05, 0) is 24.3 Å². The molecule has 30 heavy (non-hydrogen) atoms. The van der Waals surface area contributed by atoms with Crippen molar-refractivity contribution >= 4 is 0 Å². The summed E-state index contributed by atoms with van der Waals surface area (Å²) >= 11 is 0. The first-order valence-electron chi connectivity index (χ1n) is 9.88. The molecule has 0 radical (unpaired) electrons. The topological polar surface area (TPSA) is 75.6 Å². The van der Waals surface area contributed by atoms with Crippen molar-refractivity contribution in [2.24, 2.45) is 0 Å². The number of aliphatic hydroxyl groups excluding tert-OH is 1. The minimum Gasteiger partial charge on any atom is -0.497 e. The van der Waals surface area contributed by atoms with Gasteiger partial charge in [0.2, 0.25) is 6.29 Å². The van der Waals surface area contributed by atoms with E-state index < -0.39 is 37.0 Å². The van der Waals surface area contributed by atoms with Gasteiger partial charge in [0, 0.05) is 5.56 Å². The first-order chi connectivity index (χ1) is 14.7. The van der Waals surface area contributed by atoms with Crippen LogP contribution in [0.3, 0.4) is 0 Å².